The third-order valence-electron chi connectivity index (χ3n) is 4.06. The average molecular weight is 340 g/mol. The smallest absolute Gasteiger partial charge is 0.238 e. The maximum atomic E-state index is 13.8. The van der Waals surface area contributed by atoms with E-state index in [1.54, 1.807) is 6.92 Å². The molecule has 1 atom stereocenters. The molecule has 0 heterocycles. The molecule has 0 unspecified atom stereocenters. The van der Waals surface area contributed by atoms with Gasteiger partial charge in [0.05, 0.1) is 6.54 Å². The second-order valence-corrected chi connectivity index (χ2v) is 5.84. The highest BCUT2D eigenvalue weighted by Gasteiger charge is 2.13. The zero-order valence-electron chi connectivity index (χ0n) is 13.7. The number of hydrogen-bond acceptors (Lipinski definition) is 2. The van der Waals surface area contributed by atoms with E-state index in [4.69, 9.17) is 0 Å². The summed E-state index contributed by atoms with van der Waals surface area (Å²) in [4.78, 5) is 12.2. The Labute approximate surface area is 144 Å². The van der Waals surface area contributed by atoms with Crippen LogP contribution in [0.2, 0.25) is 0 Å². The van der Waals surface area contributed by atoms with Crippen LogP contribution in [-0.4, -0.2) is 12.5 Å². The predicted octanol–water partition coefficient (Wildman–Crippen LogP) is 4.41. The quantitative estimate of drug-likeness (QED) is 0.722. The molecule has 0 bridgehead atoms. The fourth-order valence-corrected chi connectivity index (χ4v) is 2.74. The van der Waals surface area contributed by atoms with Crippen LogP contribution in [0.3, 0.4) is 0 Å². The van der Waals surface area contributed by atoms with Gasteiger partial charge in [-0.3, -0.25) is 4.79 Å². The lowest BCUT2D eigenvalue weighted by atomic mass is 10.1. The number of anilines is 1. The van der Waals surface area contributed by atoms with Gasteiger partial charge in [0, 0.05) is 28.7 Å². The van der Waals surface area contributed by atoms with Crippen LogP contribution in [0.15, 0.2) is 60.7 Å². The molecule has 0 radical (unpaired) electrons. The normalized spacial score (nSPS) is 12.1. The first-order valence-corrected chi connectivity index (χ1v) is 8.00. The van der Waals surface area contributed by atoms with Crippen molar-refractivity contribution >= 4 is 22.4 Å². The van der Waals surface area contributed by atoms with Gasteiger partial charge >= 0.3 is 0 Å². The molecule has 128 valence electrons. The summed E-state index contributed by atoms with van der Waals surface area (Å²) in [6.45, 7) is 1.74. The number of rotatable bonds is 5. The van der Waals surface area contributed by atoms with E-state index in [9.17, 15) is 13.6 Å². The SMILES string of the molecule is C[C@@H](NCC(=O)Nc1cccc2ccccc12)c1ccc(F)cc1F. The molecule has 0 fully saturated rings. The van der Waals surface area contributed by atoms with Crippen molar-refractivity contribution in [3.8, 4) is 0 Å². The zero-order chi connectivity index (χ0) is 17.8. The minimum Gasteiger partial charge on any atom is -0.324 e. The lowest BCUT2D eigenvalue weighted by Crippen LogP contribution is -2.30. The monoisotopic (exact) mass is 340 g/mol. The molecule has 0 aliphatic heterocycles. The lowest BCUT2D eigenvalue weighted by Gasteiger charge is -2.15. The third kappa shape index (κ3) is 4.00. The Kier molecular flexibility index (Phi) is 5.05. The molecule has 2 N–H and O–H groups in total. The molecule has 0 saturated carbocycles. The molecule has 25 heavy (non-hydrogen) atoms. The van der Waals surface area contributed by atoms with Crippen LogP contribution in [0.1, 0.15) is 18.5 Å². The first kappa shape index (κ1) is 17.0. The summed E-state index contributed by atoms with van der Waals surface area (Å²) in [5, 5.41) is 7.80. The van der Waals surface area contributed by atoms with Crippen molar-refractivity contribution in [2.24, 2.45) is 0 Å². The number of halogens is 2. The molecule has 0 aliphatic carbocycles. The topological polar surface area (TPSA) is 41.1 Å². The van der Waals surface area contributed by atoms with Gasteiger partial charge in [-0.15, -0.1) is 0 Å². The van der Waals surface area contributed by atoms with Crippen molar-refractivity contribution in [2.75, 3.05) is 11.9 Å². The van der Waals surface area contributed by atoms with E-state index < -0.39 is 17.7 Å². The van der Waals surface area contributed by atoms with Crippen LogP contribution in [0.25, 0.3) is 10.8 Å². The maximum Gasteiger partial charge on any atom is 0.238 e. The van der Waals surface area contributed by atoms with Gasteiger partial charge in [-0.1, -0.05) is 42.5 Å². The standard InChI is InChI=1S/C20H18F2N2O/c1-13(16-10-9-15(21)11-18(16)22)23-12-20(25)24-19-8-4-6-14-5-2-3-7-17(14)19/h2-11,13,23H,12H2,1H3,(H,24,25)/t13-/m1/s1. The molecule has 0 aromatic heterocycles. The van der Waals surface area contributed by atoms with E-state index in [2.05, 4.69) is 10.6 Å². The van der Waals surface area contributed by atoms with Crippen LogP contribution >= 0.6 is 0 Å². The van der Waals surface area contributed by atoms with Crippen molar-refractivity contribution in [1.82, 2.24) is 5.32 Å². The van der Waals surface area contributed by atoms with Crippen molar-refractivity contribution in [3.63, 3.8) is 0 Å². The van der Waals surface area contributed by atoms with Crippen LogP contribution in [0, 0.1) is 11.6 Å². The summed E-state index contributed by atoms with van der Waals surface area (Å²) < 4.78 is 26.7. The lowest BCUT2D eigenvalue weighted by molar-refractivity contribution is -0.115. The van der Waals surface area contributed by atoms with Crippen LogP contribution in [-0.2, 0) is 4.79 Å². The molecule has 3 aromatic carbocycles. The predicted molar refractivity (Wildman–Crippen MR) is 95.4 cm³/mol. The van der Waals surface area contributed by atoms with E-state index in [1.807, 2.05) is 42.5 Å². The van der Waals surface area contributed by atoms with Crippen LogP contribution in [0.5, 0.6) is 0 Å². The van der Waals surface area contributed by atoms with Gasteiger partial charge in [0.2, 0.25) is 5.91 Å². The van der Waals surface area contributed by atoms with Crippen molar-refractivity contribution in [1.29, 1.82) is 0 Å². The molecule has 3 aromatic rings. The van der Waals surface area contributed by atoms with Gasteiger partial charge in [-0.2, -0.15) is 0 Å². The van der Waals surface area contributed by atoms with Gasteiger partial charge in [0.1, 0.15) is 11.6 Å². The summed E-state index contributed by atoms with van der Waals surface area (Å²) in [6, 6.07) is 16.5. The molecule has 0 saturated heterocycles. The van der Waals surface area contributed by atoms with E-state index >= 15 is 0 Å². The second kappa shape index (κ2) is 7.40. The number of nitrogens with one attached hydrogen (secondary N) is 2. The molecule has 0 aliphatic rings. The molecule has 1 amide bonds. The van der Waals surface area contributed by atoms with E-state index in [0.717, 1.165) is 22.5 Å². The van der Waals surface area contributed by atoms with Gasteiger partial charge < -0.3 is 10.6 Å². The number of carbonyl (C=O) groups excluding carboxylic acids is 1. The molecule has 5 heteroatoms. The third-order valence-corrected chi connectivity index (χ3v) is 4.06. The fraction of sp³-hybridized carbons (Fsp3) is 0.150. The molecule has 0 spiro atoms. The minimum absolute atomic E-state index is 0.0151. The van der Waals surface area contributed by atoms with Crippen LogP contribution < -0.4 is 10.6 Å². The Morgan fingerprint density at radius 3 is 2.60 bits per heavy atom. The minimum atomic E-state index is -0.630. The highest BCUT2D eigenvalue weighted by atomic mass is 19.1. The Morgan fingerprint density at radius 1 is 1.04 bits per heavy atom. The fourth-order valence-electron chi connectivity index (χ4n) is 2.74. The number of carbonyl (C=O) groups is 1. The highest BCUT2D eigenvalue weighted by Crippen LogP contribution is 2.23. The second-order valence-electron chi connectivity index (χ2n) is 5.84. The largest absolute Gasteiger partial charge is 0.324 e. The number of benzene rings is 3. The average Bonchev–Trinajstić information content (AvgIpc) is 2.60. The number of hydrogen-bond donors (Lipinski definition) is 2. The first-order chi connectivity index (χ1) is 12.0. The Bertz CT molecular complexity index is 906. The summed E-state index contributed by atoms with van der Waals surface area (Å²) in [7, 11) is 0. The van der Waals surface area contributed by atoms with Crippen molar-refractivity contribution in [2.45, 2.75) is 13.0 Å². The highest BCUT2D eigenvalue weighted by molar-refractivity contribution is 6.02. The van der Waals surface area contributed by atoms with Crippen molar-refractivity contribution < 1.29 is 13.6 Å². The van der Waals surface area contributed by atoms with Gasteiger partial charge in [0.15, 0.2) is 0 Å². The first-order valence-electron chi connectivity index (χ1n) is 8.00. The summed E-state index contributed by atoms with van der Waals surface area (Å²) >= 11 is 0. The molecular weight excluding hydrogens is 322 g/mol. The van der Waals surface area contributed by atoms with E-state index in [0.29, 0.717) is 5.56 Å². The summed E-state index contributed by atoms with van der Waals surface area (Å²) in [5.41, 5.74) is 1.05. The van der Waals surface area contributed by atoms with Crippen molar-refractivity contribution in [3.05, 3.63) is 77.9 Å². The Hall–Kier alpha value is -2.79. The van der Waals surface area contributed by atoms with Crippen LogP contribution in [0.4, 0.5) is 14.5 Å². The number of fused-ring (bicyclic) bond motifs is 1. The van der Waals surface area contributed by atoms with E-state index in [-0.39, 0.29) is 12.5 Å². The molecule has 3 nitrogen and oxygen atoms in total. The summed E-state index contributed by atoms with van der Waals surface area (Å²) in [6.07, 6.45) is 0. The Morgan fingerprint density at radius 2 is 1.80 bits per heavy atom. The maximum absolute atomic E-state index is 13.8. The molecule has 3 rings (SSSR count). The van der Waals surface area contributed by atoms with Gasteiger partial charge in [-0.25, -0.2) is 8.78 Å². The number of amides is 1. The zero-order valence-corrected chi connectivity index (χ0v) is 13.7. The van der Waals surface area contributed by atoms with E-state index in [1.165, 1.54) is 12.1 Å². The van der Waals surface area contributed by atoms with Gasteiger partial charge in [-0.05, 0) is 24.4 Å². The van der Waals surface area contributed by atoms with Gasteiger partial charge in [0.25, 0.3) is 0 Å². The molecular formula is C20H18F2N2O. The summed E-state index contributed by atoms with van der Waals surface area (Å²) in [5.74, 6) is -1.48. The Balaban J connectivity index is 1.64.